The van der Waals surface area contributed by atoms with Crippen LogP contribution in [0.5, 0.6) is 5.75 Å². The van der Waals surface area contributed by atoms with Gasteiger partial charge in [-0.15, -0.1) is 23.7 Å². The second-order valence-corrected chi connectivity index (χ2v) is 10.1. The molecule has 0 radical (unpaired) electrons. The summed E-state index contributed by atoms with van der Waals surface area (Å²) in [6, 6.07) is 5.58. The van der Waals surface area contributed by atoms with Crippen molar-refractivity contribution in [3.63, 3.8) is 0 Å². The first-order valence-corrected chi connectivity index (χ1v) is 13.0. The molecule has 198 valence electrons. The Morgan fingerprint density at radius 2 is 2.00 bits per heavy atom. The number of rotatable bonds is 12. The molecule has 1 saturated carbocycles. The summed E-state index contributed by atoms with van der Waals surface area (Å²) in [7, 11) is 0. The number of carboxylic acids is 1. The fourth-order valence-electron chi connectivity index (χ4n) is 3.84. The zero-order valence-corrected chi connectivity index (χ0v) is 22.1. The van der Waals surface area contributed by atoms with Crippen molar-refractivity contribution < 1.29 is 28.9 Å². The molecule has 9 nitrogen and oxygen atoms in total. The van der Waals surface area contributed by atoms with Gasteiger partial charge in [0.25, 0.3) is 0 Å². The number of aliphatic carboxylic acids is 1. The van der Waals surface area contributed by atoms with E-state index in [1.54, 1.807) is 11.3 Å². The van der Waals surface area contributed by atoms with Crippen molar-refractivity contribution in [2.24, 2.45) is 5.92 Å². The number of carbonyl (C=O) groups is 2. The number of anilines is 1. The number of carbonyl (C=O) groups excluding carboxylic acids is 1. The smallest absolute Gasteiger partial charge is 0.407 e. The van der Waals surface area contributed by atoms with Gasteiger partial charge in [-0.05, 0) is 55.4 Å². The molecule has 36 heavy (non-hydrogen) atoms. The highest BCUT2D eigenvalue weighted by Gasteiger charge is 2.23. The van der Waals surface area contributed by atoms with E-state index < -0.39 is 12.1 Å². The normalized spacial score (nSPS) is 15.2. The monoisotopic (exact) mass is 539 g/mol. The van der Waals surface area contributed by atoms with E-state index in [0.717, 1.165) is 61.1 Å². The van der Waals surface area contributed by atoms with Crippen LogP contribution < -0.4 is 15.0 Å². The molecule has 0 unspecified atom stereocenters. The molecule has 2 fully saturated rings. The third-order valence-corrected chi connectivity index (χ3v) is 7.20. The number of benzene rings is 1. The van der Waals surface area contributed by atoms with Crippen LogP contribution in [-0.4, -0.2) is 61.7 Å². The van der Waals surface area contributed by atoms with Crippen molar-refractivity contribution in [3.05, 3.63) is 39.9 Å². The number of nitrogens with zero attached hydrogens (tertiary/aromatic N) is 2. The highest BCUT2D eigenvalue weighted by atomic mass is 35.5. The average Bonchev–Trinajstić information content (AvgIpc) is 3.62. The molecule has 0 bridgehead atoms. The Morgan fingerprint density at radius 3 is 2.72 bits per heavy atom. The number of carboxylic acid groups (broad SMARTS) is 1. The van der Waals surface area contributed by atoms with Gasteiger partial charge in [0.15, 0.2) is 5.13 Å². The van der Waals surface area contributed by atoms with E-state index >= 15 is 0 Å². The molecule has 1 aromatic heterocycles. The minimum absolute atomic E-state index is 0. The van der Waals surface area contributed by atoms with Gasteiger partial charge in [-0.25, -0.2) is 9.78 Å². The third kappa shape index (κ3) is 8.53. The Hall–Kier alpha value is -2.56. The molecule has 2 aromatic rings. The van der Waals surface area contributed by atoms with Crippen LogP contribution in [0.1, 0.15) is 41.0 Å². The molecule has 11 heteroatoms. The summed E-state index contributed by atoms with van der Waals surface area (Å²) < 4.78 is 16.7. The topological polar surface area (TPSA) is 110 Å². The second kappa shape index (κ2) is 13.7. The Morgan fingerprint density at radius 1 is 1.22 bits per heavy atom. The number of alkyl carbamates (subject to hydrolysis) is 1. The second-order valence-electron chi connectivity index (χ2n) is 8.92. The van der Waals surface area contributed by atoms with Crippen molar-refractivity contribution >= 4 is 40.9 Å². The van der Waals surface area contributed by atoms with Gasteiger partial charge in [-0.3, -0.25) is 4.79 Å². The Bertz CT molecular complexity index is 1020. The summed E-state index contributed by atoms with van der Waals surface area (Å²) in [5.41, 5.74) is 2.73. The Labute approximate surface area is 221 Å². The van der Waals surface area contributed by atoms with Crippen molar-refractivity contribution in [3.8, 4) is 5.75 Å². The number of morpholine rings is 1. The van der Waals surface area contributed by atoms with Gasteiger partial charge in [-0.1, -0.05) is 6.07 Å². The number of ether oxygens (including phenoxy) is 3. The Kier molecular flexibility index (Phi) is 10.6. The molecule has 2 heterocycles. The van der Waals surface area contributed by atoms with Gasteiger partial charge >= 0.3 is 12.1 Å². The lowest BCUT2D eigenvalue weighted by Gasteiger charge is -2.26. The van der Waals surface area contributed by atoms with E-state index in [0.29, 0.717) is 37.7 Å². The fourth-order valence-corrected chi connectivity index (χ4v) is 4.85. The Balaban J connectivity index is 0.00000361. The molecule has 1 saturated heterocycles. The van der Waals surface area contributed by atoms with Gasteiger partial charge in [0.2, 0.25) is 0 Å². The summed E-state index contributed by atoms with van der Waals surface area (Å²) in [6.07, 6.45) is 2.86. The molecule has 1 amide bonds. The highest BCUT2D eigenvalue weighted by Crippen LogP contribution is 2.29. The quantitative estimate of drug-likeness (QED) is 0.416. The fraction of sp³-hybridized carbons (Fsp3) is 0.560. The first kappa shape index (κ1) is 28.0. The molecule has 1 aliphatic carbocycles. The first-order chi connectivity index (χ1) is 17.0. The van der Waals surface area contributed by atoms with E-state index in [1.807, 2.05) is 18.2 Å². The van der Waals surface area contributed by atoms with Gasteiger partial charge in [0.05, 0.1) is 32.1 Å². The predicted octanol–water partition coefficient (Wildman–Crippen LogP) is 3.98. The lowest BCUT2D eigenvalue weighted by Crippen LogP contribution is -2.36. The van der Waals surface area contributed by atoms with E-state index in [1.165, 1.54) is 4.88 Å². The van der Waals surface area contributed by atoms with E-state index in [9.17, 15) is 9.59 Å². The maximum atomic E-state index is 12.0. The summed E-state index contributed by atoms with van der Waals surface area (Å²) >= 11 is 1.70. The van der Waals surface area contributed by atoms with E-state index in [-0.39, 0.29) is 25.4 Å². The van der Waals surface area contributed by atoms with Crippen LogP contribution in [0.2, 0.25) is 0 Å². The van der Waals surface area contributed by atoms with Crippen LogP contribution in [0.4, 0.5) is 9.93 Å². The van der Waals surface area contributed by atoms with Crippen LogP contribution in [0.3, 0.4) is 0 Å². The molecular weight excluding hydrogens is 506 g/mol. The predicted molar refractivity (Wildman–Crippen MR) is 140 cm³/mol. The van der Waals surface area contributed by atoms with Crippen molar-refractivity contribution in [1.29, 1.82) is 0 Å². The molecule has 2 N–H and O–H groups in total. The zero-order chi connectivity index (χ0) is 24.6. The van der Waals surface area contributed by atoms with Gasteiger partial charge in [0.1, 0.15) is 5.75 Å². The van der Waals surface area contributed by atoms with Crippen LogP contribution in [0, 0.1) is 12.8 Å². The van der Waals surface area contributed by atoms with Crippen LogP contribution in [0.15, 0.2) is 18.2 Å². The highest BCUT2D eigenvalue weighted by molar-refractivity contribution is 7.15. The lowest BCUT2D eigenvalue weighted by atomic mass is 10.0. The largest absolute Gasteiger partial charge is 0.493 e. The molecular formula is C25H34ClN3O6S. The summed E-state index contributed by atoms with van der Waals surface area (Å²) in [4.78, 5) is 31.3. The van der Waals surface area contributed by atoms with Crippen LogP contribution in [-0.2, 0) is 33.7 Å². The van der Waals surface area contributed by atoms with Gasteiger partial charge in [0, 0.05) is 37.4 Å². The van der Waals surface area contributed by atoms with Gasteiger partial charge in [-0.2, -0.15) is 0 Å². The minimum Gasteiger partial charge on any atom is -0.493 e. The number of thiazole rings is 1. The van der Waals surface area contributed by atoms with Crippen LogP contribution in [0.25, 0.3) is 0 Å². The molecule has 0 spiro atoms. The number of nitrogens with one attached hydrogen (secondary N) is 1. The third-order valence-electron chi connectivity index (χ3n) is 6.13. The van der Waals surface area contributed by atoms with Crippen LogP contribution >= 0.6 is 23.7 Å². The van der Waals surface area contributed by atoms with Crippen molar-refractivity contribution in [2.45, 2.75) is 45.6 Å². The molecule has 1 aromatic carbocycles. The van der Waals surface area contributed by atoms with Crippen molar-refractivity contribution in [2.75, 3.05) is 44.4 Å². The minimum atomic E-state index is -0.858. The lowest BCUT2D eigenvalue weighted by molar-refractivity contribution is -0.136. The standard InChI is InChI=1S/C25H33N3O6S.ClH/c1-17-22(27-24(35-17)28-9-12-32-13-10-28)8-11-33-21-6-4-19(5-7-23(29)30)20(14-21)15-26-25(31)34-16-18-2-3-18;/h4,6,14,18H,2-3,5,7-13,15-16H2,1H3,(H,26,31)(H,29,30);1H. The molecule has 4 rings (SSSR count). The zero-order valence-electron chi connectivity index (χ0n) is 20.5. The van der Waals surface area contributed by atoms with E-state index in [2.05, 4.69) is 17.1 Å². The maximum absolute atomic E-state index is 12.0. The van der Waals surface area contributed by atoms with E-state index in [4.69, 9.17) is 24.3 Å². The number of aryl methyl sites for hydroxylation is 2. The first-order valence-electron chi connectivity index (χ1n) is 12.1. The average molecular weight is 540 g/mol. The SMILES string of the molecule is Cc1sc(N2CCOCC2)nc1CCOc1ccc(CCC(=O)O)c(CNC(=O)OCC2CC2)c1.Cl. The number of hydrogen-bond donors (Lipinski definition) is 2. The maximum Gasteiger partial charge on any atom is 0.407 e. The number of amides is 1. The number of halogens is 1. The molecule has 1 aliphatic heterocycles. The summed E-state index contributed by atoms with van der Waals surface area (Å²) in [6.45, 7) is 6.44. The molecule has 2 aliphatic rings. The molecule has 0 atom stereocenters. The summed E-state index contributed by atoms with van der Waals surface area (Å²) in [5, 5.41) is 12.9. The van der Waals surface area contributed by atoms with Gasteiger partial charge < -0.3 is 29.5 Å². The number of aromatic nitrogens is 1. The number of hydrogen-bond acceptors (Lipinski definition) is 8. The summed E-state index contributed by atoms with van der Waals surface area (Å²) in [5.74, 6) is 0.312. The van der Waals surface area contributed by atoms with Crippen molar-refractivity contribution in [1.82, 2.24) is 10.3 Å².